The maximum absolute atomic E-state index is 6.14. The van der Waals surface area contributed by atoms with Crippen LogP contribution in [0.3, 0.4) is 0 Å². The molecule has 0 bridgehead atoms. The van der Waals surface area contributed by atoms with Gasteiger partial charge in [0.1, 0.15) is 0 Å². The number of ether oxygens (including phenoxy) is 1. The van der Waals surface area contributed by atoms with Gasteiger partial charge in [0.2, 0.25) is 0 Å². The fourth-order valence-electron chi connectivity index (χ4n) is 2.98. The molecule has 1 aliphatic rings. The van der Waals surface area contributed by atoms with Gasteiger partial charge in [0.05, 0.1) is 17.2 Å². The molecule has 1 aromatic rings. The molecule has 1 aromatic carbocycles. The predicted octanol–water partition coefficient (Wildman–Crippen LogP) is 4.57. The molecule has 0 aromatic heterocycles. The van der Waals surface area contributed by atoms with Gasteiger partial charge < -0.3 is 10.1 Å². The lowest BCUT2D eigenvalue weighted by Crippen LogP contribution is -2.38. The SMILES string of the molecule is CC(C)c1cccc(NC2CC(C)(C)OC2(C)C)c1. The maximum Gasteiger partial charge on any atom is 0.0834 e. The molecule has 1 aliphatic heterocycles. The number of benzene rings is 1. The van der Waals surface area contributed by atoms with E-state index in [1.165, 1.54) is 11.3 Å². The first-order valence-electron chi connectivity index (χ1n) is 7.26. The van der Waals surface area contributed by atoms with Gasteiger partial charge in [-0.05, 0) is 57.7 Å². The van der Waals surface area contributed by atoms with E-state index in [9.17, 15) is 0 Å². The monoisotopic (exact) mass is 261 g/mol. The normalized spacial score (nSPS) is 24.7. The van der Waals surface area contributed by atoms with Gasteiger partial charge in [-0.15, -0.1) is 0 Å². The zero-order valence-electron chi connectivity index (χ0n) is 13.1. The first-order chi connectivity index (χ1) is 8.70. The summed E-state index contributed by atoms with van der Waals surface area (Å²) in [7, 11) is 0. The second-order valence-electron chi connectivity index (χ2n) is 7.15. The molecule has 1 saturated heterocycles. The van der Waals surface area contributed by atoms with Crippen molar-refractivity contribution in [3.05, 3.63) is 29.8 Å². The Bertz CT molecular complexity index is 448. The summed E-state index contributed by atoms with van der Waals surface area (Å²) in [6.45, 7) is 13.1. The Labute approximate surface area is 117 Å². The van der Waals surface area contributed by atoms with Crippen LogP contribution in [0.2, 0.25) is 0 Å². The van der Waals surface area contributed by atoms with E-state index in [4.69, 9.17) is 4.74 Å². The fourth-order valence-corrected chi connectivity index (χ4v) is 2.98. The van der Waals surface area contributed by atoms with Gasteiger partial charge in [-0.2, -0.15) is 0 Å². The van der Waals surface area contributed by atoms with E-state index in [0.717, 1.165) is 6.42 Å². The lowest BCUT2D eigenvalue weighted by Gasteiger charge is -2.28. The molecule has 0 saturated carbocycles. The van der Waals surface area contributed by atoms with Crippen LogP contribution < -0.4 is 5.32 Å². The standard InChI is InChI=1S/C17H27NO/c1-12(2)13-8-7-9-14(10-13)18-15-11-16(3,4)19-17(15,5)6/h7-10,12,15,18H,11H2,1-6H3. The van der Waals surface area contributed by atoms with Crippen LogP contribution in [-0.4, -0.2) is 17.2 Å². The molecule has 2 nitrogen and oxygen atoms in total. The van der Waals surface area contributed by atoms with E-state index in [-0.39, 0.29) is 11.2 Å². The smallest absolute Gasteiger partial charge is 0.0834 e. The number of rotatable bonds is 3. The van der Waals surface area contributed by atoms with Crippen LogP contribution in [0.5, 0.6) is 0 Å². The van der Waals surface area contributed by atoms with Crippen molar-refractivity contribution < 1.29 is 4.74 Å². The first-order valence-corrected chi connectivity index (χ1v) is 7.26. The molecule has 1 heterocycles. The molecule has 0 aliphatic carbocycles. The van der Waals surface area contributed by atoms with Crippen LogP contribution in [-0.2, 0) is 4.74 Å². The molecular weight excluding hydrogens is 234 g/mol. The van der Waals surface area contributed by atoms with Gasteiger partial charge in [0.15, 0.2) is 0 Å². The summed E-state index contributed by atoms with van der Waals surface area (Å²) in [5.41, 5.74) is 2.40. The average Bonchev–Trinajstić information content (AvgIpc) is 2.47. The minimum Gasteiger partial charge on any atom is -0.379 e. The van der Waals surface area contributed by atoms with Gasteiger partial charge >= 0.3 is 0 Å². The van der Waals surface area contributed by atoms with Crippen LogP contribution in [0.1, 0.15) is 59.4 Å². The number of hydrogen-bond acceptors (Lipinski definition) is 2. The minimum atomic E-state index is -0.128. The third-order valence-corrected chi connectivity index (χ3v) is 3.97. The van der Waals surface area contributed by atoms with E-state index in [1.807, 2.05) is 0 Å². The maximum atomic E-state index is 6.14. The minimum absolute atomic E-state index is 0.0448. The molecule has 1 N–H and O–H groups in total. The molecule has 0 spiro atoms. The third-order valence-electron chi connectivity index (χ3n) is 3.97. The summed E-state index contributed by atoms with van der Waals surface area (Å²) in [4.78, 5) is 0. The van der Waals surface area contributed by atoms with Gasteiger partial charge in [-0.3, -0.25) is 0 Å². The van der Waals surface area contributed by atoms with Crippen LogP contribution in [0.25, 0.3) is 0 Å². The van der Waals surface area contributed by atoms with Crippen molar-refractivity contribution in [1.82, 2.24) is 0 Å². The Hall–Kier alpha value is -1.02. The number of hydrogen-bond donors (Lipinski definition) is 1. The van der Waals surface area contributed by atoms with Crippen molar-refractivity contribution in [2.24, 2.45) is 0 Å². The summed E-state index contributed by atoms with van der Waals surface area (Å²) in [5, 5.41) is 3.66. The van der Waals surface area contributed by atoms with E-state index < -0.39 is 0 Å². The van der Waals surface area contributed by atoms with Gasteiger partial charge in [0, 0.05) is 5.69 Å². The fraction of sp³-hybridized carbons (Fsp3) is 0.647. The summed E-state index contributed by atoms with van der Waals surface area (Å²) in [6.07, 6.45) is 1.03. The molecule has 1 fully saturated rings. The average molecular weight is 261 g/mol. The quantitative estimate of drug-likeness (QED) is 0.860. The lowest BCUT2D eigenvalue weighted by molar-refractivity contribution is -0.0662. The molecule has 1 atom stereocenters. The van der Waals surface area contributed by atoms with Crippen LogP contribution in [0.15, 0.2) is 24.3 Å². The summed E-state index contributed by atoms with van der Waals surface area (Å²) >= 11 is 0. The molecule has 0 radical (unpaired) electrons. The largest absolute Gasteiger partial charge is 0.379 e. The van der Waals surface area contributed by atoms with Gasteiger partial charge in [-0.25, -0.2) is 0 Å². The van der Waals surface area contributed by atoms with E-state index in [1.54, 1.807) is 0 Å². The van der Waals surface area contributed by atoms with Crippen molar-refractivity contribution in [3.63, 3.8) is 0 Å². The van der Waals surface area contributed by atoms with Crippen molar-refractivity contribution in [2.75, 3.05) is 5.32 Å². The highest BCUT2D eigenvalue weighted by Crippen LogP contribution is 2.39. The Balaban J connectivity index is 2.15. The lowest BCUT2D eigenvalue weighted by atomic mass is 9.94. The highest BCUT2D eigenvalue weighted by Gasteiger charge is 2.45. The Kier molecular flexibility index (Phi) is 3.65. The summed E-state index contributed by atoms with van der Waals surface area (Å²) in [5.74, 6) is 0.561. The number of anilines is 1. The Morgan fingerprint density at radius 2 is 1.89 bits per heavy atom. The molecule has 0 amide bonds. The summed E-state index contributed by atoms with van der Waals surface area (Å²) < 4.78 is 6.14. The molecule has 2 heteroatoms. The Morgan fingerprint density at radius 1 is 1.21 bits per heavy atom. The topological polar surface area (TPSA) is 21.3 Å². The van der Waals surface area contributed by atoms with Crippen LogP contribution >= 0.6 is 0 Å². The molecule has 19 heavy (non-hydrogen) atoms. The van der Waals surface area contributed by atoms with Crippen molar-refractivity contribution >= 4 is 5.69 Å². The van der Waals surface area contributed by atoms with Crippen LogP contribution in [0.4, 0.5) is 5.69 Å². The molecule has 106 valence electrons. The van der Waals surface area contributed by atoms with Crippen molar-refractivity contribution in [1.29, 1.82) is 0 Å². The zero-order valence-corrected chi connectivity index (χ0v) is 13.1. The second kappa shape index (κ2) is 4.82. The number of nitrogens with one attached hydrogen (secondary N) is 1. The van der Waals surface area contributed by atoms with Gasteiger partial charge in [0.25, 0.3) is 0 Å². The molecular formula is C17H27NO. The van der Waals surface area contributed by atoms with Crippen molar-refractivity contribution in [3.8, 4) is 0 Å². The summed E-state index contributed by atoms with van der Waals surface area (Å²) in [6, 6.07) is 9.08. The van der Waals surface area contributed by atoms with Gasteiger partial charge in [-0.1, -0.05) is 26.0 Å². The molecule has 2 rings (SSSR count). The third kappa shape index (κ3) is 3.30. The first kappa shape index (κ1) is 14.4. The Morgan fingerprint density at radius 3 is 2.42 bits per heavy atom. The van der Waals surface area contributed by atoms with E-state index in [2.05, 4.69) is 71.1 Å². The second-order valence-corrected chi connectivity index (χ2v) is 7.15. The van der Waals surface area contributed by atoms with E-state index in [0.29, 0.717) is 12.0 Å². The highest BCUT2D eigenvalue weighted by atomic mass is 16.5. The van der Waals surface area contributed by atoms with Crippen LogP contribution in [0, 0.1) is 0 Å². The van der Waals surface area contributed by atoms with E-state index >= 15 is 0 Å². The highest BCUT2D eigenvalue weighted by molar-refractivity contribution is 5.48. The molecule has 1 unspecified atom stereocenters. The van der Waals surface area contributed by atoms with Crippen molar-refractivity contribution in [2.45, 2.75) is 71.1 Å². The zero-order chi connectivity index (χ0) is 14.3. The predicted molar refractivity (Wildman–Crippen MR) is 81.8 cm³/mol.